The number of hydrogen-bond donors (Lipinski definition) is 0. The molecule has 0 aliphatic heterocycles. The fourth-order valence-corrected chi connectivity index (χ4v) is 2.59. The van der Waals surface area contributed by atoms with Crippen LogP contribution < -0.4 is 4.74 Å². The predicted octanol–water partition coefficient (Wildman–Crippen LogP) is 2.73. The lowest BCUT2D eigenvalue weighted by molar-refractivity contribution is 0.239. The molecule has 2 heterocycles. The topological polar surface area (TPSA) is 90.3 Å². The minimum Gasteiger partial charge on any atom is -0.492 e. The molecule has 0 N–H and O–H groups in total. The highest BCUT2D eigenvalue weighted by Gasteiger charge is 2.05. The van der Waals surface area contributed by atoms with Crippen LogP contribution in [0, 0.1) is 0 Å². The molecule has 2 aromatic carbocycles. The minimum absolute atomic E-state index is 0. The van der Waals surface area contributed by atoms with Crippen LogP contribution in [0.15, 0.2) is 45.7 Å². The van der Waals surface area contributed by atoms with E-state index in [4.69, 9.17) is 9.37 Å². The van der Waals surface area contributed by atoms with Crippen molar-refractivity contribution >= 4 is 34.5 Å². The van der Waals surface area contributed by atoms with E-state index < -0.39 is 0 Å². The van der Waals surface area contributed by atoms with Gasteiger partial charge in [0.05, 0.1) is 0 Å². The maximum atomic E-state index is 5.77. The zero-order valence-electron chi connectivity index (χ0n) is 14.2. The number of halogens is 1. The van der Waals surface area contributed by atoms with Gasteiger partial charge in [-0.1, -0.05) is 6.07 Å². The van der Waals surface area contributed by atoms with Crippen molar-refractivity contribution in [2.24, 2.45) is 0 Å². The monoisotopic (exact) mass is 375 g/mol. The summed E-state index contributed by atoms with van der Waals surface area (Å²) in [5.74, 6) is 0.764. The Kier molecular flexibility index (Phi) is 5.65. The van der Waals surface area contributed by atoms with Crippen molar-refractivity contribution in [3.63, 3.8) is 0 Å². The van der Waals surface area contributed by atoms with Gasteiger partial charge in [0.2, 0.25) is 0 Å². The molecule has 8 nitrogen and oxygen atoms in total. The van der Waals surface area contributed by atoms with Crippen molar-refractivity contribution in [1.29, 1.82) is 0 Å². The Balaban J connectivity index is 0.00000196. The Morgan fingerprint density at radius 2 is 1.50 bits per heavy atom. The van der Waals surface area contributed by atoms with E-state index in [1.807, 2.05) is 30.3 Å². The van der Waals surface area contributed by atoms with E-state index in [1.54, 1.807) is 0 Å². The molecule has 0 fully saturated rings. The van der Waals surface area contributed by atoms with Gasteiger partial charge in [-0.15, -0.1) is 12.4 Å². The van der Waals surface area contributed by atoms with Gasteiger partial charge in [0, 0.05) is 19.2 Å². The largest absolute Gasteiger partial charge is 0.492 e. The van der Waals surface area contributed by atoms with E-state index >= 15 is 0 Å². The van der Waals surface area contributed by atoms with Crippen LogP contribution in [-0.2, 0) is 6.42 Å². The fraction of sp³-hybridized carbons (Fsp3) is 0.294. The van der Waals surface area contributed by atoms with Gasteiger partial charge in [-0.05, 0) is 63.9 Å². The average Bonchev–Trinajstić information content (AvgIpc) is 3.28. The highest BCUT2D eigenvalue weighted by Crippen LogP contribution is 2.17. The van der Waals surface area contributed by atoms with E-state index in [-0.39, 0.29) is 12.4 Å². The summed E-state index contributed by atoms with van der Waals surface area (Å²) in [6, 6.07) is 11.5. The summed E-state index contributed by atoms with van der Waals surface area (Å²) in [5.41, 5.74) is 4.21. The van der Waals surface area contributed by atoms with Gasteiger partial charge in [0.15, 0.2) is 0 Å². The Hall–Kier alpha value is -2.71. The highest BCUT2D eigenvalue weighted by molar-refractivity contribution is 5.85. The standard InChI is InChI=1S/C17H17N5O3.ClH/c1-22(7-6-12-2-4-14-16(10-12)20-24-18-14)8-9-23-13-3-5-15-17(11-13)21-25-19-15;/h2-5,10-11H,6-9H2,1H3;1H. The van der Waals surface area contributed by atoms with Crippen LogP contribution in [0.1, 0.15) is 5.56 Å². The maximum Gasteiger partial charge on any atom is 0.138 e. The molecular formula is C17H18ClN5O3. The summed E-state index contributed by atoms with van der Waals surface area (Å²) in [6.07, 6.45) is 0.926. The second-order valence-electron chi connectivity index (χ2n) is 5.90. The first kappa shape index (κ1) is 18.1. The second kappa shape index (κ2) is 8.11. The molecule has 0 aliphatic carbocycles. The Morgan fingerprint density at radius 3 is 2.27 bits per heavy atom. The number of benzene rings is 2. The molecule has 0 bridgehead atoms. The first-order valence-electron chi connectivity index (χ1n) is 8.03. The summed E-state index contributed by atoms with van der Waals surface area (Å²) in [4.78, 5) is 2.22. The minimum atomic E-state index is 0. The molecule has 9 heteroatoms. The van der Waals surface area contributed by atoms with Crippen LogP contribution in [0.4, 0.5) is 0 Å². The third-order valence-corrected chi connectivity index (χ3v) is 4.07. The van der Waals surface area contributed by atoms with Gasteiger partial charge in [0.1, 0.15) is 34.4 Å². The lowest BCUT2D eigenvalue weighted by Gasteiger charge is -2.16. The Bertz CT molecular complexity index is 987. The number of hydrogen-bond acceptors (Lipinski definition) is 8. The lowest BCUT2D eigenvalue weighted by atomic mass is 10.1. The molecular weight excluding hydrogens is 358 g/mol. The summed E-state index contributed by atoms with van der Waals surface area (Å²) in [7, 11) is 2.07. The average molecular weight is 376 g/mol. The highest BCUT2D eigenvalue weighted by atomic mass is 35.5. The second-order valence-corrected chi connectivity index (χ2v) is 5.90. The van der Waals surface area contributed by atoms with Crippen LogP contribution in [0.2, 0.25) is 0 Å². The van der Waals surface area contributed by atoms with Crippen LogP contribution >= 0.6 is 12.4 Å². The maximum absolute atomic E-state index is 5.77. The van der Waals surface area contributed by atoms with Crippen LogP contribution in [0.25, 0.3) is 22.1 Å². The molecule has 0 amide bonds. The zero-order valence-corrected chi connectivity index (χ0v) is 15.0. The van der Waals surface area contributed by atoms with Crippen LogP contribution in [0.5, 0.6) is 5.75 Å². The molecule has 0 aliphatic rings. The van der Waals surface area contributed by atoms with E-state index in [2.05, 4.69) is 43.3 Å². The fourth-order valence-electron chi connectivity index (χ4n) is 2.59. The third-order valence-electron chi connectivity index (χ3n) is 4.07. The predicted molar refractivity (Wildman–Crippen MR) is 97.6 cm³/mol. The molecule has 0 saturated heterocycles. The van der Waals surface area contributed by atoms with E-state index in [0.29, 0.717) is 12.1 Å². The SMILES string of the molecule is CN(CCOc1ccc2nonc2c1)CCc1ccc2nonc2c1.Cl. The smallest absolute Gasteiger partial charge is 0.138 e. The van der Waals surface area contributed by atoms with Crippen molar-refractivity contribution in [2.45, 2.75) is 6.42 Å². The lowest BCUT2D eigenvalue weighted by Crippen LogP contribution is -2.26. The number of nitrogens with zero attached hydrogens (tertiary/aromatic N) is 5. The first-order chi connectivity index (χ1) is 12.3. The Morgan fingerprint density at radius 1 is 0.846 bits per heavy atom. The van der Waals surface area contributed by atoms with Gasteiger partial charge in [-0.25, -0.2) is 9.26 Å². The van der Waals surface area contributed by atoms with Gasteiger partial charge in [-0.3, -0.25) is 0 Å². The number of rotatable bonds is 7. The molecule has 26 heavy (non-hydrogen) atoms. The molecule has 136 valence electrons. The van der Waals surface area contributed by atoms with Crippen molar-refractivity contribution in [3.8, 4) is 5.75 Å². The van der Waals surface area contributed by atoms with E-state index in [9.17, 15) is 0 Å². The van der Waals surface area contributed by atoms with Crippen molar-refractivity contribution in [2.75, 3.05) is 26.7 Å². The van der Waals surface area contributed by atoms with Gasteiger partial charge in [0.25, 0.3) is 0 Å². The normalized spacial score (nSPS) is 11.2. The number of likely N-dealkylation sites (N-methyl/N-ethyl adjacent to an activating group) is 1. The zero-order chi connectivity index (χ0) is 17.1. The summed E-state index contributed by atoms with van der Waals surface area (Å²) < 4.78 is 15.2. The summed E-state index contributed by atoms with van der Waals surface area (Å²) in [6.45, 7) is 2.34. The molecule has 0 atom stereocenters. The molecule has 0 radical (unpaired) electrons. The summed E-state index contributed by atoms with van der Waals surface area (Å²) in [5, 5.41) is 15.3. The van der Waals surface area contributed by atoms with Crippen molar-refractivity contribution in [3.05, 3.63) is 42.0 Å². The van der Waals surface area contributed by atoms with Gasteiger partial charge >= 0.3 is 0 Å². The molecule has 4 rings (SSSR count). The first-order valence-corrected chi connectivity index (χ1v) is 8.03. The summed E-state index contributed by atoms with van der Waals surface area (Å²) >= 11 is 0. The van der Waals surface area contributed by atoms with E-state index in [0.717, 1.165) is 41.8 Å². The molecule has 0 unspecified atom stereocenters. The molecule has 2 aromatic heterocycles. The Labute approximate surface area is 155 Å². The van der Waals surface area contributed by atoms with Gasteiger partial charge < -0.3 is 9.64 Å². The van der Waals surface area contributed by atoms with E-state index in [1.165, 1.54) is 5.56 Å². The number of ether oxygens (including phenoxy) is 1. The number of fused-ring (bicyclic) bond motifs is 2. The van der Waals surface area contributed by atoms with Crippen LogP contribution in [-0.4, -0.2) is 52.3 Å². The molecule has 4 aromatic rings. The molecule has 0 spiro atoms. The van der Waals surface area contributed by atoms with Crippen molar-refractivity contribution in [1.82, 2.24) is 25.5 Å². The third kappa shape index (κ3) is 4.09. The molecule has 0 saturated carbocycles. The van der Waals surface area contributed by atoms with Gasteiger partial charge in [-0.2, -0.15) is 0 Å². The quantitative estimate of drug-likeness (QED) is 0.487. The van der Waals surface area contributed by atoms with Crippen LogP contribution in [0.3, 0.4) is 0 Å². The number of aromatic nitrogens is 4. The van der Waals surface area contributed by atoms with Crippen molar-refractivity contribution < 1.29 is 14.0 Å².